The molecule has 5 aliphatic heterocycles. The minimum atomic E-state index is -0.726. The van der Waals surface area contributed by atoms with E-state index >= 15 is 4.39 Å². The van der Waals surface area contributed by atoms with Gasteiger partial charge in [0.25, 0.3) is 11.8 Å². The molecule has 13 nitrogen and oxygen atoms in total. The lowest BCUT2D eigenvalue weighted by Gasteiger charge is -2.39. The number of carbonyl (C=O) groups excluding carboxylic acids is 4. The Balaban J connectivity index is 0.732. The summed E-state index contributed by atoms with van der Waals surface area (Å²) in [5.41, 5.74) is 3.40. The van der Waals surface area contributed by atoms with Gasteiger partial charge in [-0.15, -0.1) is 0 Å². The zero-order valence-corrected chi connectivity index (χ0v) is 33.1. The zero-order chi connectivity index (χ0) is 40.1. The van der Waals surface area contributed by atoms with E-state index in [9.17, 15) is 19.2 Å². The number of aromatic nitrogens is 1. The Bertz CT molecular complexity index is 2190. The number of anilines is 2. The lowest BCUT2D eigenvalue weighted by molar-refractivity contribution is -0.136. The van der Waals surface area contributed by atoms with E-state index in [4.69, 9.17) is 26.6 Å². The van der Waals surface area contributed by atoms with Crippen LogP contribution in [0.5, 0.6) is 5.75 Å². The van der Waals surface area contributed by atoms with E-state index in [1.54, 1.807) is 24.3 Å². The number of nitriles is 1. The average molecular weight is 809 g/mol. The Morgan fingerprint density at radius 1 is 0.828 bits per heavy atom. The van der Waals surface area contributed by atoms with Gasteiger partial charge in [-0.05, 0) is 92.8 Å². The molecule has 58 heavy (non-hydrogen) atoms. The Morgan fingerprint density at radius 3 is 2.31 bits per heavy atom. The quantitative estimate of drug-likeness (QED) is 0.313. The molecule has 6 heterocycles. The van der Waals surface area contributed by atoms with Gasteiger partial charge in [0.05, 0.1) is 40.2 Å². The van der Waals surface area contributed by atoms with Crippen molar-refractivity contribution in [1.82, 2.24) is 25.0 Å². The van der Waals surface area contributed by atoms with Gasteiger partial charge in [0, 0.05) is 76.5 Å². The number of hydrogen-bond acceptors (Lipinski definition) is 10. The van der Waals surface area contributed by atoms with Gasteiger partial charge in [-0.3, -0.25) is 29.4 Å². The first-order chi connectivity index (χ1) is 28.1. The fraction of sp³-hybridized carbons (Fsp3) is 0.488. The molecule has 4 fully saturated rings. The van der Waals surface area contributed by atoms with Crippen LogP contribution in [-0.2, 0) is 22.7 Å². The van der Waals surface area contributed by atoms with Crippen molar-refractivity contribution in [3.8, 4) is 11.8 Å². The van der Waals surface area contributed by atoms with Crippen LogP contribution in [0.4, 0.5) is 15.9 Å². The van der Waals surface area contributed by atoms with Crippen molar-refractivity contribution in [3.63, 3.8) is 0 Å². The van der Waals surface area contributed by atoms with Gasteiger partial charge in [-0.2, -0.15) is 5.26 Å². The number of nitrogens with one attached hydrogen (secondary N) is 1. The Labute approximate surface area is 341 Å². The molecular weight excluding hydrogens is 763 g/mol. The number of nitrogens with zero attached hydrogens (tertiary/aromatic N) is 7. The molecule has 0 spiro atoms. The highest BCUT2D eigenvalue weighted by Crippen LogP contribution is 2.36. The molecule has 4 amide bonds. The smallest absolute Gasteiger partial charge is 0.256 e. The molecule has 0 radical (unpaired) electrons. The number of imide groups is 1. The lowest BCUT2D eigenvalue weighted by atomic mass is 9.92. The van der Waals surface area contributed by atoms with E-state index in [1.807, 2.05) is 21.9 Å². The summed E-state index contributed by atoms with van der Waals surface area (Å²) in [6.45, 7) is 6.57. The fourth-order valence-corrected chi connectivity index (χ4v) is 9.90. The second-order valence-electron chi connectivity index (χ2n) is 16.5. The average Bonchev–Trinajstić information content (AvgIpc) is 3.73. The van der Waals surface area contributed by atoms with Crippen LogP contribution in [0.3, 0.4) is 0 Å². The second kappa shape index (κ2) is 15.8. The molecule has 2 aromatic carbocycles. The molecule has 1 aliphatic carbocycles. The highest BCUT2D eigenvalue weighted by atomic mass is 35.5. The number of amides is 4. The van der Waals surface area contributed by atoms with Gasteiger partial charge >= 0.3 is 0 Å². The third-order valence-electron chi connectivity index (χ3n) is 13.0. The van der Waals surface area contributed by atoms with Crippen molar-refractivity contribution < 1.29 is 28.3 Å². The standard InChI is InChI=1S/C43H46ClFN8O5/c44-34-20-31(4-1-27(34)22-46)58-30-5-2-29(3-6-30)52-25-36-32(42(52)56)7-9-39(47-36)51-17-15-49(16-18-51)23-26-11-13-50(14-12-26)38-21-33-28(19-35(38)45)24-53(43(33)57)37-8-10-40(54)48-41(37)55/h1,4,7,9,19-21,26,29-30,37H,2-3,5-6,8,10-18,23-25H2,(H,48,54,55). The molecule has 15 heteroatoms. The van der Waals surface area contributed by atoms with E-state index in [2.05, 4.69) is 21.2 Å². The second-order valence-corrected chi connectivity index (χ2v) is 16.9. The van der Waals surface area contributed by atoms with Crippen LogP contribution >= 0.6 is 11.6 Å². The third-order valence-corrected chi connectivity index (χ3v) is 13.3. The molecular formula is C43H46ClFN8O5. The highest BCUT2D eigenvalue weighted by Gasteiger charge is 2.41. The van der Waals surface area contributed by atoms with Crippen molar-refractivity contribution in [2.75, 3.05) is 55.6 Å². The number of pyridine rings is 1. The molecule has 6 aliphatic rings. The molecule has 1 N–H and O–H groups in total. The number of rotatable bonds is 8. The van der Waals surface area contributed by atoms with E-state index in [-0.39, 0.29) is 55.1 Å². The molecule has 1 atom stereocenters. The number of benzene rings is 2. The number of fused-ring (bicyclic) bond motifs is 2. The number of piperidine rings is 2. The summed E-state index contributed by atoms with van der Waals surface area (Å²) in [5, 5.41) is 11.8. The highest BCUT2D eigenvalue weighted by molar-refractivity contribution is 6.31. The van der Waals surface area contributed by atoms with Crippen LogP contribution in [-0.4, -0.2) is 107 Å². The monoisotopic (exact) mass is 808 g/mol. The lowest BCUT2D eigenvalue weighted by Crippen LogP contribution is -2.52. The summed E-state index contributed by atoms with van der Waals surface area (Å²) < 4.78 is 21.6. The van der Waals surface area contributed by atoms with Crippen molar-refractivity contribution in [3.05, 3.63) is 81.3 Å². The predicted octanol–water partition coefficient (Wildman–Crippen LogP) is 4.89. The molecule has 1 saturated carbocycles. The van der Waals surface area contributed by atoms with Crippen molar-refractivity contribution in [1.29, 1.82) is 5.26 Å². The van der Waals surface area contributed by atoms with Crippen molar-refractivity contribution in [2.24, 2.45) is 5.92 Å². The summed E-state index contributed by atoms with van der Waals surface area (Å²) in [6.07, 6.45) is 5.68. The maximum Gasteiger partial charge on any atom is 0.256 e. The first-order valence-corrected chi connectivity index (χ1v) is 20.9. The Hall–Kier alpha value is -5.26. The Morgan fingerprint density at radius 2 is 1.59 bits per heavy atom. The van der Waals surface area contributed by atoms with E-state index in [0.717, 1.165) is 82.8 Å². The maximum absolute atomic E-state index is 15.5. The normalized spacial score (nSPS) is 24.2. The van der Waals surface area contributed by atoms with Gasteiger partial charge < -0.3 is 24.3 Å². The summed E-state index contributed by atoms with van der Waals surface area (Å²) in [7, 11) is 0. The van der Waals surface area contributed by atoms with E-state index < -0.39 is 11.9 Å². The van der Waals surface area contributed by atoms with Gasteiger partial charge in [-0.25, -0.2) is 9.37 Å². The number of piperazine rings is 1. The van der Waals surface area contributed by atoms with E-state index in [0.29, 0.717) is 64.3 Å². The minimum Gasteiger partial charge on any atom is -0.490 e. The van der Waals surface area contributed by atoms with Crippen molar-refractivity contribution >= 4 is 46.7 Å². The zero-order valence-electron chi connectivity index (χ0n) is 32.3. The molecule has 3 aromatic rings. The van der Waals surface area contributed by atoms with Gasteiger partial charge in [0.2, 0.25) is 11.8 Å². The number of hydrogen-bond donors (Lipinski definition) is 1. The molecule has 1 aromatic heterocycles. The van der Waals surface area contributed by atoms with Crippen molar-refractivity contribution in [2.45, 2.75) is 82.6 Å². The van der Waals surface area contributed by atoms with Crippen LogP contribution in [0.15, 0.2) is 42.5 Å². The molecule has 0 bridgehead atoms. The van der Waals surface area contributed by atoms with Crippen LogP contribution < -0.4 is 19.9 Å². The maximum atomic E-state index is 15.5. The van der Waals surface area contributed by atoms with Gasteiger partial charge in [-0.1, -0.05) is 11.6 Å². The fourth-order valence-electron chi connectivity index (χ4n) is 9.69. The predicted molar refractivity (Wildman–Crippen MR) is 213 cm³/mol. The molecule has 9 rings (SSSR count). The molecule has 3 saturated heterocycles. The van der Waals surface area contributed by atoms with Crippen LogP contribution in [0.25, 0.3) is 0 Å². The van der Waals surface area contributed by atoms with E-state index in [1.165, 1.54) is 11.0 Å². The third kappa shape index (κ3) is 7.46. The topological polar surface area (TPSA) is 142 Å². The molecule has 1 unspecified atom stereocenters. The number of ether oxygens (including phenoxy) is 1. The first kappa shape index (κ1) is 38.3. The Kier molecular flexibility index (Phi) is 10.4. The first-order valence-electron chi connectivity index (χ1n) is 20.5. The van der Waals surface area contributed by atoms with Crippen LogP contribution in [0.2, 0.25) is 5.02 Å². The van der Waals surface area contributed by atoms with Gasteiger partial charge in [0.1, 0.15) is 29.5 Å². The summed E-state index contributed by atoms with van der Waals surface area (Å²) in [4.78, 5) is 66.2. The SMILES string of the molecule is N#Cc1ccc(OC2CCC(N3Cc4nc(N5CCN(CC6CCN(c7cc8c(cc7F)CN(C7CCC(=O)NC7=O)C8=O)CC6)CC5)ccc4C3=O)CC2)cc1Cl. The van der Waals surface area contributed by atoms with Crippen LogP contribution in [0, 0.1) is 23.1 Å². The minimum absolute atomic E-state index is 0.0348. The summed E-state index contributed by atoms with van der Waals surface area (Å²) in [5.74, 6) is 0.644. The number of carbonyl (C=O) groups is 4. The largest absolute Gasteiger partial charge is 0.490 e. The number of halogens is 2. The molecule has 302 valence electrons. The summed E-state index contributed by atoms with van der Waals surface area (Å²) in [6, 6.07) is 13.6. The van der Waals surface area contributed by atoms with Gasteiger partial charge in [0.15, 0.2) is 0 Å². The summed E-state index contributed by atoms with van der Waals surface area (Å²) >= 11 is 6.19. The van der Waals surface area contributed by atoms with Crippen LogP contribution in [0.1, 0.15) is 88.9 Å².